The quantitative estimate of drug-likeness (QED) is 0.192. The molecule has 0 bridgehead atoms. The third-order valence-electron chi connectivity index (χ3n) is 10.1. The predicted octanol–water partition coefficient (Wildman–Crippen LogP) is 12.8. The topological polar surface area (TPSA) is 21.7 Å². The molecular formula is C48H37NO2. The van der Waals surface area contributed by atoms with Gasteiger partial charge in [-0.1, -0.05) is 134 Å². The predicted molar refractivity (Wildman–Crippen MR) is 212 cm³/mol. The van der Waals surface area contributed by atoms with Gasteiger partial charge in [-0.3, -0.25) is 0 Å². The van der Waals surface area contributed by atoms with E-state index in [0.29, 0.717) is 0 Å². The fourth-order valence-corrected chi connectivity index (χ4v) is 7.66. The Hall–Kier alpha value is -6.32. The molecule has 4 aliphatic rings. The SMILES string of the molecule is C=C1/C=C\C=C/N(c2ccccc2)c2cccc(-c3cccc4c3-c3ccc(C5C=CC=CC5)cc3Oc3ccccc3C3=CC=CCC3O4)c21. The maximum absolute atomic E-state index is 7.15. The first-order valence-corrected chi connectivity index (χ1v) is 17.7. The lowest BCUT2D eigenvalue weighted by Crippen LogP contribution is -2.21. The van der Waals surface area contributed by atoms with Crippen LogP contribution in [0.1, 0.15) is 35.4 Å². The standard InChI is InChI=1S/C48H37NO2/c1-33-16-12-13-31-49(36-19-6-3-7-20-36)42-25-14-23-39(47(33)42)40-24-15-28-45-48(40)41-30-29-35(34-17-4-2-5-18-34)32-46(41)51-44-27-11-9-22-38(44)37-21-8-10-26-43(37)50-45/h2-17,19-25,27-32,34,43H,1,18,26H2/b16-12-,31-13-. The largest absolute Gasteiger partial charge is 0.485 e. The van der Waals surface area contributed by atoms with Crippen LogP contribution in [0, 0.1) is 0 Å². The van der Waals surface area contributed by atoms with Crippen molar-refractivity contribution in [3.8, 4) is 39.5 Å². The van der Waals surface area contributed by atoms with Crippen molar-refractivity contribution in [1.82, 2.24) is 0 Å². The molecule has 9 rings (SSSR count). The summed E-state index contributed by atoms with van der Waals surface area (Å²) in [7, 11) is 0. The van der Waals surface area contributed by atoms with Crippen LogP contribution < -0.4 is 14.4 Å². The van der Waals surface area contributed by atoms with E-state index in [1.165, 1.54) is 5.56 Å². The molecule has 3 nitrogen and oxygen atoms in total. The molecule has 0 aromatic heterocycles. The molecule has 2 heterocycles. The van der Waals surface area contributed by atoms with Crippen molar-refractivity contribution in [2.75, 3.05) is 4.90 Å². The van der Waals surface area contributed by atoms with Gasteiger partial charge in [0, 0.05) is 52.1 Å². The fourth-order valence-electron chi connectivity index (χ4n) is 7.66. The van der Waals surface area contributed by atoms with E-state index in [0.717, 1.165) is 86.0 Å². The lowest BCUT2D eigenvalue weighted by molar-refractivity contribution is 0.261. The number of hydrogen-bond acceptors (Lipinski definition) is 3. The zero-order chi connectivity index (χ0) is 34.1. The number of fused-ring (bicyclic) bond motifs is 7. The highest BCUT2D eigenvalue weighted by Crippen LogP contribution is 2.51. The smallest absolute Gasteiger partial charge is 0.135 e. The summed E-state index contributed by atoms with van der Waals surface area (Å²) in [5.41, 5.74) is 11.6. The Morgan fingerprint density at radius 3 is 2.27 bits per heavy atom. The Labute approximate surface area is 299 Å². The van der Waals surface area contributed by atoms with Crippen LogP contribution in [0.4, 0.5) is 11.4 Å². The molecule has 51 heavy (non-hydrogen) atoms. The average molecular weight is 660 g/mol. The van der Waals surface area contributed by atoms with E-state index in [1.54, 1.807) is 0 Å². The van der Waals surface area contributed by atoms with Crippen molar-refractivity contribution in [2.24, 2.45) is 0 Å². The van der Waals surface area contributed by atoms with Crippen molar-refractivity contribution in [1.29, 1.82) is 0 Å². The van der Waals surface area contributed by atoms with Crippen LogP contribution in [0.25, 0.3) is 33.4 Å². The molecule has 2 unspecified atom stereocenters. The van der Waals surface area contributed by atoms with E-state index >= 15 is 0 Å². The van der Waals surface area contributed by atoms with Gasteiger partial charge in [0.1, 0.15) is 23.4 Å². The molecule has 3 heteroatoms. The molecule has 246 valence electrons. The summed E-state index contributed by atoms with van der Waals surface area (Å²) in [5, 5.41) is 0. The minimum absolute atomic E-state index is 0.179. The summed E-state index contributed by atoms with van der Waals surface area (Å²) in [6.45, 7) is 4.60. The number of allylic oxidation sites excluding steroid dienone is 10. The van der Waals surface area contributed by atoms with Crippen molar-refractivity contribution >= 4 is 22.5 Å². The summed E-state index contributed by atoms with van der Waals surface area (Å²) in [5.74, 6) is 2.72. The lowest BCUT2D eigenvalue weighted by Gasteiger charge is -2.30. The molecule has 0 spiro atoms. The number of benzene rings is 5. The zero-order valence-electron chi connectivity index (χ0n) is 28.3. The summed E-state index contributed by atoms with van der Waals surface area (Å²) < 4.78 is 14.2. The monoisotopic (exact) mass is 659 g/mol. The third kappa shape index (κ3) is 5.67. The van der Waals surface area contributed by atoms with Crippen LogP contribution in [0.5, 0.6) is 17.2 Å². The normalized spacial score (nSPS) is 19.7. The van der Waals surface area contributed by atoms with Crippen LogP contribution in [0.2, 0.25) is 0 Å². The molecule has 0 amide bonds. The van der Waals surface area contributed by atoms with Crippen molar-refractivity contribution in [3.63, 3.8) is 0 Å². The van der Waals surface area contributed by atoms with Gasteiger partial charge in [0.2, 0.25) is 0 Å². The van der Waals surface area contributed by atoms with Crippen molar-refractivity contribution in [3.05, 3.63) is 199 Å². The van der Waals surface area contributed by atoms with Crippen LogP contribution >= 0.6 is 0 Å². The summed E-state index contributed by atoms with van der Waals surface area (Å²) >= 11 is 0. The minimum Gasteiger partial charge on any atom is -0.485 e. The number of ether oxygens (including phenoxy) is 2. The Morgan fingerprint density at radius 1 is 0.608 bits per heavy atom. The van der Waals surface area contributed by atoms with Crippen molar-refractivity contribution in [2.45, 2.75) is 24.9 Å². The second-order valence-electron chi connectivity index (χ2n) is 13.2. The average Bonchev–Trinajstić information content (AvgIpc) is 3.18. The first kappa shape index (κ1) is 30.7. The van der Waals surface area contributed by atoms with E-state index < -0.39 is 0 Å². The Balaban J connectivity index is 1.31. The molecule has 2 atom stereocenters. The molecule has 0 radical (unpaired) electrons. The summed E-state index contributed by atoms with van der Waals surface area (Å²) in [4.78, 5) is 2.24. The van der Waals surface area contributed by atoms with Gasteiger partial charge in [-0.15, -0.1) is 0 Å². The molecule has 2 aliphatic carbocycles. The maximum Gasteiger partial charge on any atom is 0.135 e. The van der Waals surface area contributed by atoms with Gasteiger partial charge in [0.15, 0.2) is 0 Å². The summed E-state index contributed by atoms with van der Waals surface area (Å²) in [6.07, 6.45) is 25.1. The Kier molecular flexibility index (Phi) is 7.94. The summed E-state index contributed by atoms with van der Waals surface area (Å²) in [6, 6.07) is 38.5. The molecule has 2 aliphatic heterocycles. The third-order valence-corrected chi connectivity index (χ3v) is 10.1. The Morgan fingerprint density at radius 2 is 1.39 bits per heavy atom. The van der Waals surface area contributed by atoms with E-state index in [-0.39, 0.29) is 12.0 Å². The van der Waals surface area contributed by atoms with E-state index in [4.69, 9.17) is 9.47 Å². The van der Waals surface area contributed by atoms with Gasteiger partial charge in [0.25, 0.3) is 0 Å². The van der Waals surface area contributed by atoms with Crippen LogP contribution in [-0.2, 0) is 0 Å². The first-order valence-electron chi connectivity index (χ1n) is 17.7. The van der Waals surface area contributed by atoms with Gasteiger partial charge in [-0.05, 0) is 71.2 Å². The van der Waals surface area contributed by atoms with Crippen molar-refractivity contribution < 1.29 is 9.47 Å². The molecule has 0 fully saturated rings. The second kappa shape index (κ2) is 13.2. The molecule has 0 saturated carbocycles. The van der Waals surface area contributed by atoms with Gasteiger partial charge in [-0.25, -0.2) is 0 Å². The number of para-hydroxylation sites is 2. The number of rotatable bonds is 3. The molecule has 0 saturated heterocycles. The maximum atomic E-state index is 7.15. The second-order valence-corrected chi connectivity index (χ2v) is 13.2. The van der Waals surface area contributed by atoms with E-state index in [9.17, 15) is 0 Å². The number of nitrogens with zero attached hydrogens (tertiary/aromatic N) is 1. The molecule has 5 aromatic rings. The highest BCUT2D eigenvalue weighted by Gasteiger charge is 2.29. The number of hydrogen-bond donors (Lipinski definition) is 0. The van der Waals surface area contributed by atoms with E-state index in [1.807, 2.05) is 12.1 Å². The van der Waals surface area contributed by atoms with Gasteiger partial charge in [0.05, 0.1) is 5.69 Å². The van der Waals surface area contributed by atoms with Gasteiger partial charge < -0.3 is 14.4 Å². The lowest BCUT2D eigenvalue weighted by atomic mass is 9.85. The highest BCUT2D eigenvalue weighted by atomic mass is 16.5. The number of anilines is 2. The highest BCUT2D eigenvalue weighted by molar-refractivity contribution is 5.99. The van der Waals surface area contributed by atoms with E-state index in [2.05, 4.69) is 176 Å². The van der Waals surface area contributed by atoms with Gasteiger partial charge in [-0.2, -0.15) is 0 Å². The van der Waals surface area contributed by atoms with Gasteiger partial charge >= 0.3 is 0 Å². The fraction of sp³-hybridized carbons (Fsp3) is 0.0833. The van der Waals surface area contributed by atoms with Crippen LogP contribution in [-0.4, -0.2) is 6.10 Å². The minimum atomic E-state index is -0.179. The Bertz CT molecular complexity index is 2350. The molecule has 0 N–H and O–H groups in total. The first-order chi connectivity index (χ1) is 25.2. The molecule has 5 aromatic carbocycles. The molecular weight excluding hydrogens is 623 g/mol. The van der Waals surface area contributed by atoms with Crippen LogP contribution in [0.3, 0.4) is 0 Å². The zero-order valence-corrected chi connectivity index (χ0v) is 28.3. The van der Waals surface area contributed by atoms with Crippen LogP contribution in [0.15, 0.2) is 183 Å².